The van der Waals surface area contributed by atoms with Crippen LogP contribution in [0.15, 0.2) is 66.9 Å². The van der Waals surface area contributed by atoms with E-state index in [4.69, 9.17) is 9.47 Å². The van der Waals surface area contributed by atoms with E-state index in [0.717, 1.165) is 18.2 Å². The van der Waals surface area contributed by atoms with Crippen LogP contribution in [0.4, 0.5) is 19.3 Å². The average Bonchev–Trinajstić information content (AvgIpc) is 2.77. The molecule has 9 heteroatoms. The van der Waals surface area contributed by atoms with Crippen molar-refractivity contribution in [2.24, 2.45) is 0 Å². The third-order valence-corrected chi connectivity index (χ3v) is 4.32. The Kier molecular flexibility index (Phi) is 8.05. The fourth-order valence-electron chi connectivity index (χ4n) is 2.75. The van der Waals surface area contributed by atoms with Crippen molar-refractivity contribution in [3.63, 3.8) is 0 Å². The SMILES string of the molecule is COC(=O)c1ccccc1N(/C=C/C(=O)C(F)(F)C(O)c1ccccc1)C(=O)OC(C)(C)C. The number of hydrogen-bond acceptors (Lipinski definition) is 6. The van der Waals surface area contributed by atoms with Gasteiger partial charge < -0.3 is 14.6 Å². The van der Waals surface area contributed by atoms with Crippen LogP contribution in [0.3, 0.4) is 0 Å². The first kappa shape index (κ1) is 25.7. The largest absolute Gasteiger partial charge is 0.465 e. The van der Waals surface area contributed by atoms with Crippen LogP contribution >= 0.6 is 0 Å². The van der Waals surface area contributed by atoms with Crippen LogP contribution < -0.4 is 4.90 Å². The Morgan fingerprint density at radius 3 is 2.15 bits per heavy atom. The van der Waals surface area contributed by atoms with E-state index in [0.29, 0.717) is 6.08 Å². The lowest BCUT2D eigenvalue weighted by Crippen LogP contribution is -2.37. The number of halogens is 2. The number of alkyl halides is 2. The van der Waals surface area contributed by atoms with Crippen LogP contribution in [0.5, 0.6) is 0 Å². The first-order chi connectivity index (χ1) is 15.4. The Hall–Kier alpha value is -3.59. The fraction of sp³-hybridized carbons (Fsp3) is 0.292. The van der Waals surface area contributed by atoms with Gasteiger partial charge in [0.1, 0.15) is 5.60 Å². The van der Waals surface area contributed by atoms with Crippen LogP contribution in [0.25, 0.3) is 0 Å². The summed E-state index contributed by atoms with van der Waals surface area (Å²) in [5.74, 6) is -6.72. The first-order valence-corrected chi connectivity index (χ1v) is 9.91. The number of anilines is 1. The van der Waals surface area contributed by atoms with E-state index in [1.165, 1.54) is 48.5 Å². The van der Waals surface area contributed by atoms with E-state index in [1.807, 2.05) is 0 Å². The summed E-state index contributed by atoms with van der Waals surface area (Å²) in [5.41, 5.74) is -1.21. The van der Waals surface area contributed by atoms with E-state index < -0.39 is 35.5 Å². The third-order valence-electron chi connectivity index (χ3n) is 4.32. The second kappa shape index (κ2) is 10.4. The molecule has 1 amide bonds. The molecule has 0 saturated carbocycles. The lowest BCUT2D eigenvalue weighted by molar-refractivity contribution is -0.156. The molecule has 176 valence electrons. The highest BCUT2D eigenvalue weighted by Crippen LogP contribution is 2.33. The van der Waals surface area contributed by atoms with Crippen molar-refractivity contribution in [3.8, 4) is 0 Å². The van der Waals surface area contributed by atoms with Gasteiger partial charge in [-0.1, -0.05) is 42.5 Å². The molecule has 0 radical (unpaired) electrons. The van der Waals surface area contributed by atoms with Gasteiger partial charge >= 0.3 is 18.0 Å². The maximum absolute atomic E-state index is 14.6. The molecule has 2 rings (SSSR count). The zero-order chi connectivity index (χ0) is 24.8. The Balaban J connectivity index is 2.44. The topological polar surface area (TPSA) is 93.1 Å². The van der Waals surface area contributed by atoms with E-state index in [9.17, 15) is 28.3 Å². The second-order valence-electron chi connectivity index (χ2n) is 7.98. The number of para-hydroxylation sites is 1. The summed E-state index contributed by atoms with van der Waals surface area (Å²) in [6, 6.07) is 12.7. The van der Waals surface area contributed by atoms with Gasteiger partial charge in [-0.3, -0.25) is 9.69 Å². The molecule has 0 aromatic heterocycles. The van der Waals surface area contributed by atoms with Crippen LogP contribution in [-0.2, 0) is 14.3 Å². The van der Waals surface area contributed by atoms with E-state index in [2.05, 4.69) is 0 Å². The van der Waals surface area contributed by atoms with Crippen molar-refractivity contribution < 1.29 is 37.7 Å². The van der Waals surface area contributed by atoms with Crippen molar-refractivity contribution in [3.05, 3.63) is 78.0 Å². The fourth-order valence-corrected chi connectivity index (χ4v) is 2.75. The van der Waals surface area contributed by atoms with Gasteiger partial charge in [-0.25, -0.2) is 9.59 Å². The van der Waals surface area contributed by atoms with E-state index in [-0.39, 0.29) is 16.8 Å². The van der Waals surface area contributed by atoms with Crippen molar-refractivity contribution in [1.29, 1.82) is 0 Å². The molecule has 2 aromatic rings. The summed E-state index contributed by atoms with van der Waals surface area (Å²) in [6.07, 6.45) is -2.20. The van der Waals surface area contributed by atoms with Crippen LogP contribution in [0, 0.1) is 0 Å². The average molecular weight is 461 g/mol. The molecular weight excluding hydrogens is 436 g/mol. The number of hydrogen-bond donors (Lipinski definition) is 1. The lowest BCUT2D eigenvalue weighted by Gasteiger charge is -2.26. The summed E-state index contributed by atoms with van der Waals surface area (Å²) in [6.45, 7) is 4.78. The number of benzene rings is 2. The zero-order valence-electron chi connectivity index (χ0n) is 18.6. The summed E-state index contributed by atoms with van der Waals surface area (Å²) in [5, 5.41) is 10.0. The molecule has 0 aliphatic heterocycles. The number of carbonyl (C=O) groups excluding carboxylic acids is 3. The quantitative estimate of drug-likeness (QED) is 0.476. The number of methoxy groups -OCH3 is 1. The molecule has 1 unspecified atom stereocenters. The van der Waals surface area contributed by atoms with Gasteiger partial charge in [0.2, 0.25) is 5.78 Å². The number of nitrogens with zero attached hydrogens (tertiary/aromatic N) is 1. The molecule has 33 heavy (non-hydrogen) atoms. The van der Waals surface area contributed by atoms with Crippen molar-refractivity contribution in [2.45, 2.75) is 38.4 Å². The molecule has 0 heterocycles. The maximum Gasteiger partial charge on any atom is 0.418 e. The number of ketones is 1. The molecule has 2 aromatic carbocycles. The van der Waals surface area contributed by atoms with Gasteiger partial charge in [0.15, 0.2) is 6.10 Å². The monoisotopic (exact) mass is 461 g/mol. The zero-order valence-corrected chi connectivity index (χ0v) is 18.6. The minimum atomic E-state index is -4.18. The van der Waals surface area contributed by atoms with E-state index in [1.54, 1.807) is 26.8 Å². The smallest absolute Gasteiger partial charge is 0.418 e. The first-order valence-electron chi connectivity index (χ1n) is 9.91. The van der Waals surface area contributed by atoms with Gasteiger partial charge in [-0.2, -0.15) is 8.78 Å². The molecule has 0 saturated heterocycles. The second-order valence-corrected chi connectivity index (χ2v) is 7.98. The minimum Gasteiger partial charge on any atom is -0.465 e. The number of esters is 1. The summed E-state index contributed by atoms with van der Waals surface area (Å²) in [7, 11) is 1.14. The highest BCUT2D eigenvalue weighted by atomic mass is 19.3. The van der Waals surface area contributed by atoms with Gasteiger partial charge in [0.25, 0.3) is 0 Å². The van der Waals surface area contributed by atoms with Crippen molar-refractivity contribution in [2.75, 3.05) is 12.0 Å². The Bertz CT molecular complexity index is 1030. The molecule has 0 spiro atoms. The number of carbonyl (C=O) groups is 3. The molecule has 1 atom stereocenters. The summed E-state index contributed by atoms with van der Waals surface area (Å²) in [4.78, 5) is 38.0. The molecule has 0 aliphatic carbocycles. The molecule has 0 bridgehead atoms. The predicted octanol–water partition coefficient (Wildman–Crippen LogP) is 4.67. The van der Waals surface area contributed by atoms with Gasteiger partial charge in [-0.15, -0.1) is 0 Å². The normalized spacial score (nSPS) is 12.8. The summed E-state index contributed by atoms with van der Waals surface area (Å²) < 4.78 is 39.2. The number of aliphatic hydroxyl groups is 1. The summed E-state index contributed by atoms with van der Waals surface area (Å²) >= 11 is 0. The third kappa shape index (κ3) is 6.45. The highest BCUT2D eigenvalue weighted by Gasteiger charge is 2.45. The van der Waals surface area contributed by atoms with E-state index >= 15 is 0 Å². The Morgan fingerprint density at radius 2 is 1.58 bits per heavy atom. The maximum atomic E-state index is 14.6. The predicted molar refractivity (Wildman–Crippen MR) is 117 cm³/mol. The lowest BCUT2D eigenvalue weighted by atomic mass is 10.0. The van der Waals surface area contributed by atoms with Crippen LogP contribution in [0.2, 0.25) is 0 Å². The van der Waals surface area contributed by atoms with Gasteiger partial charge in [0, 0.05) is 12.3 Å². The molecule has 0 fully saturated rings. The van der Waals surface area contributed by atoms with Crippen molar-refractivity contribution >= 4 is 23.5 Å². The molecule has 0 aliphatic rings. The molecule has 1 N–H and O–H groups in total. The van der Waals surface area contributed by atoms with Crippen LogP contribution in [0.1, 0.15) is 42.8 Å². The van der Waals surface area contributed by atoms with Crippen LogP contribution in [-0.4, -0.2) is 41.6 Å². The Morgan fingerprint density at radius 1 is 1.00 bits per heavy atom. The number of aliphatic hydroxyl groups excluding tert-OH is 1. The molecule has 7 nitrogen and oxygen atoms in total. The highest BCUT2D eigenvalue weighted by molar-refractivity contribution is 6.03. The number of ether oxygens (including phenoxy) is 2. The number of rotatable bonds is 7. The van der Waals surface area contributed by atoms with Gasteiger partial charge in [0.05, 0.1) is 18.4 Å². The minimum absolute atomic E-state index is 0.0467. The number of amides is 1. The van der Waals surface area contributed by atoms with Gasteiger partial charge in [-0.05, 0) is 38.5 Å². The van der Waals surface area contributed by atoms with Crippen molar-refractivity contribution in [1.82, 2.24) is 0 Å². The molecular formula is C24H25F2NO6. The standard InChI is InChI=1S/C24H25F2NO6/c1-23(2,3)33-22(31)27(18-13-9-8-12-17(18)21(30)32-4)15-14-19(28)24(25,26)20(29)16-10-6-5-7-11-16/h5-15,20,29H,1-4H3/b15-14+. The number of allylic oxidation sites excluding steroid dienone is 1. The Labute approximate surface area is 190 Å².